The molecule has 0 aliphatic rings. The Hall–Kier alpha value is -2.21. The molecule has 20 heavy (non-hydrogen) atoms. The van der Waals surface area contributed by atoms with Crippen molar-refractivity contribution in [2.45, 2.75) is 19.0 Å². The molecule has 0 saturated heterocycles. The molecule has 1 N–H and O–H groups in total. The maximum Gasteiger partial charge on any atom is 0.416 e. The van der Waals surface area contributed by atoms with Crippen LogP contribution in [0.5, 0.6) is 0 Å². The number of carbonyl (C=O) groups excluding carboxylic acids is 1. The minimum absolute atomic E-state index is 0.0135. The number of amides is 1. The number of hydrogen-bond acceptors (Lipinski definition) is 2. The lowest BCUT2D eigenvalue weighted by Gasteiger charge is -2.08. The van der Waals surface area contributed by atoms with E-state index >= 15 is 0 Å². The second-order valence-electron chi connectivity index (χ2n) is 4.03. The summed E-state index contributed by atoms with van der Waals surface area (Å²) in [5.74, 6) is -0.286. The average molecular weight is 286 g/mol. The van der Waals surface area contributed by atoms with Crippen LogP contribution in [0.4, 0.5) is 13.2 Å². The lowest BCUT2D eigenvalue weighted by Crippen LogP contribution is -2.26. The fraction of sp³-hybridized carbons (Fsp3) is 0.417. The average Bonchev–Trinajstić information content (AvgIpc) is 2.38. The summed E-state index contributed by atoms with van der Waals surface area (Å²) < 4.78 is 37.0. The number of carbonyl (C=O) groups is 1. The van der Waals surface area contributed by atoms with Crippen LogP contribution in [0.25, 0.3) is 10.4 Å². The van der Waals surface area contributed by atoms with Crippen LogP contribution in [0, 0.1) is 0 Å². The number of rotatable bonds is 6. The van der Waals surface area contributed by atoms with Crippen molar-refractivity contribution in [1.29, 1.82) is 0 Å². The van der Waals surface area contributed by atoms with Crippen molar-refractivity contribution < 1.29 is 18.0 Å². The van der Waals surface area contributed by atoms with E-state index in [1.165, 1.54) is 12.1 Å². The van der Waals surface area contributed by atoms with E-state index in [9.17, 15) is 18.0 Å². The van der Waals surface area contributed by atoms with Crippen LogP contribution < -0.4 is 5.32 Å². The molecule has 1 rings (SSSR count). The van der Waals surface area contributed by atoms with Gasteiger partial charge in [-0.2, -0.15) is 13.2 Å². The molecule has 0 spiro atoms. The number of alkyl halides is 3. The zero-order valence-electron chi connectivity index (χ0n) is 10.5. The van der Waals surface area contributed by atoms with E-state index in [0.29, 0.717) is 18.5 Å². The molecule has 0 unspecified atom stereocenters. The number of nitrogens with zero attached hydrogens (tertiary/aromatic N) is 3. The summed E-state index contributed by atoms with van der Waals surface area (Å²) in [6.45, 7) is 0.648. The van der Waals surface area contributed by atoms with Crippen molar-refractivity contribution in [1.82, 2.24) is 5.32 Å². The van der Waals surface area contributed by atoms with Gasteiger partial charge in [-0.3, -0.25) is 4.79 Å². The van der Waals surface area contributed by atoms with Gasteiger partial charge >= 0.3 is 6.18 Å². The first kappa shape index (κ1) is 15.8. The summed E-state index contributed by atoms with van der Waals surface area (Å²) in [5.41, 5.74) is 7.81. The van der Waals surface area contributed by atoms with E-state index < -0.39 is 11.7 Å². The SMILES string of the molecule is [N-]=[N+]=NCCCNC(=O)Cc1ccc(C(F)(F)F)cc1. The highest BCUT2D eigenvalue weighted by Crippen LogP contribution is 2.29. The van der Waals surface area contributed by atoms with E-state index in [2.05, 4.69) is 15.3 Å². The minimum atomic E-state index is -4.37. The van der Waals surface area contributed by atoms with Gasteiger partial charge in [0.05, 0.1) is 12.0 Å². The Morgan fingerprint density at radius 3 is 2.50 bits per heavy atom. The minimum Gasteiger partial charge on any atom is -0.356 e. The standard InChI is InChI=1S/C12H13F3N4O/c13-12(14,15)10-4-2-9(3-5-10)8-11(20)17-6-1-7-18-19-16/h2-5H,1,6-8H2,(H,17,20). The highest BCUT2D eigenvalue weighted by molar-refractivity contribution is 5.78. The molecule has 8 heteroatoms. The molecule has 1 amide bonds. The third kappa shape index (κ3) is 5.62. The van der Waals surface area contributed by atoms with E-state index in [1.807, 2.05) is 0 Å². The van der Waals surface area contributed by atoms with Gasteiger partial charge in [0.25, 0.3) is 0 Å². The molecule has 0 saturated carbocycles. The fourth-order valence-electron chi connectivity index (χ4n) is 1.48. The molecule has 0 fully saturated rings. The van der Waals surface area contributed by atoms with Crippen molar-refractivity contribution in [3.8, 4) is 0 Å². The molecule has 5 nitrogen and oxygen atoms in total. The number of azide groups is 1. The largest absolute Gasteiger partial charge is 0.416 e. The van der Waals surface area contributed by atoms with Crippen molar-refractivity contribution in [3.05, 3.63) is 45.8 Å². The zero-order valence-corrected chi connectivity index (χ0v) is 10.5. The third-order valence-corrected chi connectivity index (χ3v) is 2.47. The molecule has 0 atom stereocenters. The summed E-state index contributed by atoms with van der Waals surface area (Å²) in [4.78, 5) is 14.1. The molecule has 0 bridgehead atoms. The lowest BCUT2D eigenvalue weighted by atomic mass is 10.1. The van der Waals surface area contributed by atoms with Crippen molar-refractivity contribution >= 4 is 5.91 Å². The summed E-state index contributed by atoms with van der Waals surface area (Å²) in [5, 5.41) is 5.90. The van der Waals surface area contributed by atoms with E-state index in [4.69, 9.17) is 5.53 Å². The van der Waals surface area contributed by atoms with Crippen LogP contribution in [0.3, 0.4) is 0 Å². The van der Waals surface area contributed by atoms with E-state index in [-0.39, 0.29) is 18.9 Å². The van der Waals surface area contributed by atoms with Crippen LogP contribution in [0.1, 0.15) is 17.5 Å². The maximum atomic E-state index is 12.3. The second kappa shape index (κ2) is 7.40. The Bertz CT molecular complexity index is 492. The molecule has 0 aliphatic carbocycles. The van der Waals surface area contributed by atoms with E-state index in [0.717, 1.165) is 12.1 Å². The first-order valence-electron chi connectivity index (χ1n) is 5.87. The predicted octanol–water partition coefficient (Wildman–Crippen LogP) is 3.06. The second-order valence-corrected chi connectivity index (χ2v) is 4.03. The summed E-state index contributed by atoms with van der Waals surface area (Å²) in [7, 11) is 0. The van der Waals surface area contributed by atoms with Gasteiger partial charge in [0, 0.05) is 18.0 Å². The molecule has 1 aromatic rings. The Morgan fingerprint density at radius 2 is 1.95 bits per heavy atom. The third-order valence-electron chi connectivity index (χ3n) is 2.47. The van der Waals surface area contributed by atoms with Crippen molar-refractivity contribution in [2.75, 3.05) is 13.1 Å². The number of nitrogens with one attached hydrogen (secondary N) is 1. The molecule has 0 aromatic heterocycles. The topological polar surface area (TPSA) is 77.9 Å². The highest BCUT2D eigenvalue weighted by Gasteiger charge is 2.29. The Kier molecular flexibility index (Phi) is 5.86. The van der Waals surface area contributed by atoms with Gasteiger partial charge in [-0.15, -0.1) is 0 Å². The van der Waals surface area contributed by atoms with Crippen LogP contribution in [0.15, 0.2) is 29.4 Å². The molecule has 0 radical (unpaired) electrons. The Balaban J connectivity index is 2.40. The van der Waals surface area contributed by atoms with Gasteiger partial charge in [-0.1, -0.05) is 17.2 Å². The quantitative estimate of drug-likeness (QED) is 0.371. The van der Waals surface area contributed by atoms with Crippen LogP contribution in [-0.4, -0.2) is 19.0 Å². The van der Waals surface area contributed by atoms with Gasteiger partial charge in [-0.05, 0) is 29.6 Å². The van der Waals surface area contributed by atoms with Crippen LogP contribution >= 0.6 is 0 Å². The summed E-state index contributed by atoms with van der Waals surface area (Å²) in [6, 6.07) is 4.46. The van der Waals surface area contributed by atoms with Crippen molar-refractivity contribution in [3.63, 3.8) is 0 Å². The first-order valence-corrected chi connectivity index (χ1v) is 5.87. The molecule has 0 aliphatic heterocycles. The number of halogens is 3. The maximum absolute atomic E-state index is 12.3. The van der Waals surface area contributed by atoms with Gasteiger partial charge in [-0.25, -0.2) is 0 Å². The van der Waals surface area contributed by atoms with Gasteiger partial charge in [0.1, 0.15) is 0 Å². The first-order chi connectivity index (χ1) is 9.43. The lowest BCUT2D eigenvalue weighted by molar-refractivity contribution is -0.137. The molecule has 0 heterocycles. The Morgan fingerprint density at radius 1 is 1.30 bits per heavy atom. The normalized spacial score (nSPS) is 10.8. The number of hydrogen-bond donors (Lipinski definition) is 1. The smallest absolute Gasteiger partial charge is 0.356 e. The monoisotopic (exact) mass is 286 g/mol. The van der Waals surface area contributed by atoms with Crippen LogP contribution in [-0.2, 0) is 17.4 Å². The van der Waals surface area contributed by atoms with E-state index in [1.54, 1.807) is 0 Å². The predicted molar refractivity (Wildman–Crippen MR) is 66.8 cm³/mol. The summed E-state index contributed by atoms with van der Waals surface area (Å²) in [6.07, 6.45) is -3.84. The van der Waals surface area contributed by atoms with Crippen LogP contribution in [0.2, 0.25) is 0 Å². The van der Waals surface area contributed by atoms with Gasteiger partial charge in [0.2, 0.25) is 5.91 Å². The van der Waals surface area contributed by atoms with Crippen molar-refractivity contribution in [2.24, 2.45) is 5.11 Å². The number of benzene rings is 1. The zero-order chi connectivity index (χ0) is 15.0. The van der Waals surface area contributed by atoms with Gasteiger partial charge in [0.15, 0.2) is 0 Å². The molecular weight excluding hydrogens is 273 g/mol. The molecule has 108 valence electrons. The van der Waals surface area contributed by atoms with Gasteiger partial charge < -0.3 is 5.32 Å². The molecular formula is C12H13F3N4O. The highest BCUT2D eigenvalue weighted by atomic mass is 19.4. The Labute approximate surface area is 113 Å². The molecule has 1 aromatic carbocycles. The fourth-order valence-corrected chi connectivity index (χ4v) is 1.48. The summed E-state index contributed by atoms with van der Waals surface area (Å²) >= 11 is 0.